The van der Waals surface area contributed by atoms with E-state index in [1.807, 2.05) is 7.05 Å². The number of nitrogens with two attached hydrogens (primary N) is 1. The van der Waals surface area contributed by atoms with Crippen molar-refractivity contribution in [2.24, 2.45) is 5.73 Å². The molecular weight excluding hydrogens is 366 g/mol. The van der Waals surface area contributed by atoms with Gasteiger partial charge in [0.25, 0.3) is 0 Å². The SMILES string of the molecule is CN1CCc2c(cccc2N2CCNCC2)C1C(=O)Nc1ccc(C(N)=O)cc1. The van der Waals surface area contributed by atoms with Gasteiger partial charge in [-0.15, -0.1) is 0 Å². The molecule has 2 aromatic carbocycles. The average Bonchev–Trinajstić information content (AvgIpc) is 2.74. The molecule has 2 aromatic rings. The summed E-state index contributed by atoms with van der Waals surface area (Å²) in [4.78, 5) is 28.9. The van der Waals surface area contributed by atoms with E-state index >= 15 is 0 Å². The number of likely N-dealkylation sites (N-methyl/N-ethyl adjacent to an activating group) is 1. The van der Waals surface area contributed by atoms with Gasteiger partial charge in [-0.05, 0) is 54.9 Å². The average molecular weight is 393 g/mol. The van der Waals surface area contributed by atoms with E-state index in [-0.39, 0.29) is 11.9 Å². The minimum absolute atomic E-state index is 0.0715. The van der Waals surface area contributed by atoms with E-state index in [1.54, 1.807) is 24.3 Å². The third-order valence-corrected chi connectivity index (χ3v) is 5.78. The van der Waals surface area contributed by atoms with Gasteiger partial charge in [-0.1, -0.05) is 12.1 Å². The maximum Gasteiger partial charge on any atom is 0.248 e. The molecule has 1 saturated heterocycles. The zero-order valence-electron chi connectivity index (χ0n) is 16.6. The van der Waals surface area contributed by atoms with E-state index in [9.17, 15) is 9.59 Å². The van der Waals surface area contributed by atoms with E-state index in [0.717, 1.165) is 44.7 Å². The van der Waals surface area contributed by atoms with Crippen LogP contribution in [0.4, 0.5) is 11.4 Å². The first-order valence-electron chi connectivity index (χ1n) is 10.0. The number of benzene rings is 2. The van der Waals surface area contributed by atoms with Gasteiger partial charge in [0.15, 0.2) is 0 Å². The Morgan fingerprint density at radius 2 is 1.79 bits per heavy atom. The third kappa shape index (κ3) is 3.97. The van der Waals surface area contributed by atoms with Crippen LogP contribution in [0.5, 0.6) is 0 Å². The van der Waals surface area contributed by atoms with Crippen LogP contribution in [0.1, 0.15) is 27.5 Å². The highest BCUT2D eigenvalue weighted by Crippen LogP contribution is 2.35. The Balaban J connectivity index is 1.59. The molecule has 1 atom stereocenters. The molecule has 152 valence electrons. The number of primary amides is 1. The lowest BCUT2D eigenvalue weighted by Gasteiger charge is -2.38. The van der Waals surface area contributed by atoms with Gasteiger partial charge in [0, 0.05) is 49.7 Å². The largest absolute Gasteiger partial charge is 0.369 e. The zero-order chi connectivity index (χ0) is 20.4. The fourth-order valence-electron chi connectivity index (χ4n) is 4.25. The summed E-state index contributed by atoms with van der Waals surface area (Å²) in [5.41, 5.74) is 9.96. The number of carbonyl (C=O) groups is 2. The van der Waals surface area contributed by atoms with Gasteiger partial charge >= 0.3 is 0 Å². The maximum absolute atomic E-state index is 13.2. The van der Waals surface area contributed by atoms with Crippen molar-refractivity contribution in [1.82, 2.24) is 10.2 Å². The minimum atomic E-state index is -0.482. The molecule has 0 spiro atoms. The molecule has 0 aromatic heterocycles. The lowest BCUT2D eigenvalue weighted by molar-refractivity contribution is -0.121. The molecule has 2 heterocycles. The third-order valence-electron chi connectivity index (χ3n) is 5.78. The van der Waals surface area contributed by atoms with Crippen LogP contribution < -0.4 is 21.3 Å². The first-order valence-corrected chi connectivity index (χ1v) is 10.0. The number of hydrogen-bond acceptors (Lipinski definition) is 5. The van der Waals surface area contributed by atoms with E-state index in [1.165, 1.54) is 11.3 Å². The Morgan fingerprint density at radius 3 is 2.48 bits per heavy atom. The summed E-state index contributed by atoms with van der Waals surface area (Å²) in [5, 5.41) is 6.39. The Bertz CT molecular complexity index is 906. The summed E-state index contributed by atoms with van der Waals surface area (Å²) in [6.07, 6.45) is 0.934. The summed E-state index contributed by atoms with van der Waals surface area (Å²) < 4.78 is 0. The molecule has 0 aliphatic carbocycles. The lowest BCUT2D eigenvalue weighted by atomic mass is 9.90. The molecule has 0 radical (unpaired) electrons. The molecular formula is C22H27N5O2. The lowest BCUT2D eigenvalue weighted by Crippen LogP contribution is -2.45. The first kappa shape index (κ1) is 19.4. The first-order chi connectivity index (χ1) is 14.0. The standard InChI is InChI=1S/C22H27N5O2/c1-26-12-9-17-18(3-2-4-19(17)27-13-10-24-11-14-27)20(26)22(29)25-16-7-5-15(6-8-16)21(23)28/h2-8,20,24H,9-14H2,1H3,(H2,23,28)(H,25,29). The fraction of sp³-hybridized carbons (Fsp3) is 0.364. The minimum Gasteiger partial charge on any atom is -0.369 e. The molecule has 1 fully saturated rings. The molecule has 4 rings (SSSR count). The molecule has 7 heteroatoms. The van der Waals surface area contributed by atoms with Gasteiger partial charge < -0.3 is 21.3 Å². The van der Waals surface area contributed by atoms with Crippen LogP contribution in [0.25, 0.3) is 0 Å². The van der Waals surface area contributed by atoms with Crippen LogP contribution in [0.2, 0.25) is 0 Å². The highest BCUT2D eigenvalue weighted by Gasteiger charge is 2.33. The van der Waals surface area contributed by atoms with E-state index in [0.29, 0.717) is 11.3 Å². The summed E-state index contributed by atoms with van der Waals surface area (Å²) in [6, 6.07) is 12.6. The Labute approximate surface area is 170 Å². The second-order valence-electron chi connectivity index (χ2n) is 7.65. The number of carbonyl (C=O) groups excluding carboxylic acids is 2. The van der Waals surface area contributed by atoms with Gasteiger partial charge in [0.05, 0.1) is 0 Å². The Kier molecular flexibility index (Phi) is 5.51. The predicted octanol–water partition coefficient (Wildman–Crippen LogP) is 1.36. The molecule has 2 aliphatic heterocycles. The maximum atomic E-state index is 13.2. The smallest absolute Gasteiger partial charge is 0.248 e. The summed E-state index contributed by atoms with van der Waals surface area (Å²) in [6.45, 7) is 4.75. The molecule has 4 N–H and O–H groups in total. The van der Waals surface area contributed by atoms with Crippen molar-refractivity contribution in [3.63, 3.8) is 0 Å². The Hall–Kier alpha value is -2.90. The van der Waals surface area contributed by atoms with Crippen molar-refractivity contribution in [2.45, 2.75) is 12.5 Å². The molecule has 0 bridgehead atoms. The number of hydrogen-bond donors (Lipinski definition) is 3. The number of amides is 2. The van der Waals surface area contributed by atoms with E-state index in [2.05, 4.69) is 38.6 Å². The van der Waals surface area contributed by atoms with Crippen LogP contribution in [0.3, 0.4) is 0 Å². The number of anilines is 2. The van der Waals surface area contributed by atoms with E-state index < -0.39 is 5.91 Å². The number of nitrogens with zero attached hydrogens (tertiary/aromatic N) is 2. The van der Waals surface area contributed by atoms with Crippen LogP contribution in [0.15, 0.2) is 42.5 Å². The second kappa shape index (κ2) is 8.23. The van der Waals surface area contributed by atoms with Crippen molar-refractivity contribution in [1.29, 1.82) is 0 Å². The molecule has 29 heavy (non-hydrogen) atoms. The quantitative estimate of drug-likeness (QED) is 0.730. The fourth-order valence-corrected chi connectivity index (χ4v) is 4.25. The summed E-state index contributed by atoms with van der Waals surface area (Å²) in [5.74, 6) is -0.554. The van der Waals surface area contributed by atoms with Gasteiger partial charge in [-0.25, -0.2) is 0 Å². The number of rotatable bonds is 4. The molecule has 2 aliphatic rings. The van der Waals surface area contributed by atoms with E-state index in [4.69, 9.17) is 5.73 Å². The number of nitrogens with one attached hydrogen (secondary N) is 2. The van der Waals surface area contributed by atoms with Gasteiger partial charge in [-0.3, -0.25) is 14.5 Å². The highest BCUT2D eigenvalue weighted by molar-refractivity contribution is 5.97. The molecule has 7 nitrogen and oxygen atoms in total. The van der Waals surface area contributed by atoms with Crippen LogP contribution >= 0.6 is 0 Å². The van der Waals surface area contributed by atoms with Gasteiger partial charge in [0.1, 0.15) is 6.04 Å². The van der Waals surface area contributed by atoms with Crippen molar-refractivity contribution < 1.29 is 9.59 Å². The normalized spacial score (nSPS) is 19.5. The molecule has 2 amide bonds. The van der Waals surface area contributed by atoms with Crippen LogP contribution in [0, 0.1) is 0 Å². The van der Waals surface area contributed by atoms with Crippen molar-refractivity contribution in [2.75, 3.05) is 50.0 Å². The van der Waals surface area contributed by atoms with Crippen LogP contribution in [-0.2, 0) is 11.2 Å². The summed E-state index contributed by atoms with van der Waals surface area (Å²) in [7, 11) is 1.99. The second-order valence-corrected chi connectivity index (χ2v) is 7.65. The topological polar surface area (TPSA) is 90.7 Å². The van der Waals surface area contributed by atoms with Gasteiger partial charge in [0.2, 0.25) is 11.8 Å². The predicted molar refractivity (Wildman–Crippen MR) is 114 cm³/mol. The monoisotopic (exact) mass is 393 g/mol. The number of fused-ring (bicyclic) bond motifs is 1. The van der Waals surface area contributed by atoms with Gasteiger partial charge in [-0.2, -0.15) is 0 Å². The number of piperazine rings is 1. The summed E-state index contributed by atoms with van der Waals surface area (Å²) >= 11 is 0. The molecule has 1 unspecified atom stereocenters. The highest BCUT2D eigenvalue weighted by atomic mass is 16.2. The Morgan fingerprint density at radius 1 is 1.07 bits per heavy atom. The van der Waals surface area contributed by atoms with Crippen LogP contribution in [-0.4, -0.2) is 56.5 Å². The molecule has 0 saturated carbocycles. The van der Waals surface area contributed by atoms with Crippen molar-refractivity contribution >= 4 is 23.2 Å². The van der Waals surface area contributed by atoms with Crippen molar-refractivity contribution in [3.05, 3.63) is 59.2 Å². The zero-order valence-corrected chi connectivity index (χ0v) is 16.6. The van der Waals surface area contributed by atoms with Crippen molar-refractivity contribution in [3.8, 4) is 0 Å².